The molecular formula is C72H135NO10. The van der Waals surface area contributed by atoms with E-state index < -0.39 is 67.4 Å². The van der Waals surface area contributed by atoms with Crippen LogP contribution in [0.25, 0.3) is 0 Å². The number of ether oxygens (including phenoxy) is 3. The van der Waals surface area contributed by atoms with Crippen molar-refractivity contribution in [2.75, 3.05) is 13.2 Å². The molecule has 1 amide bonds. The third-order valence-corrected chi connectivity index (χ3v) is 17.0. The number of hydrogen-bond donors (Lipinski definition) is 6. The van der Waals surface area contributed by atoms with Crippen LogP contribution in [0.2, 0.25) is 0 Å². The molecule has 1 aliphatic rings. The topological polar surface area (TPSA) is 175 Å². The zero-order valence-corrected chi connectivity index (χ0v) is 54.3. The number of esters is 1. The van der Waals surface area contributed by atoms with E-state index in [0.717, 1.165) is 64.2 Å². The minimum atomic E-state index is -1.61. The van der Waals surface area contributed by atoms with Gasteiger partial charge in [-0.15, -0.1) is 0 Å². The van der Waals surface area contributed by atoms with Gasteiger partial charge in [-0.1, -0.05) is 320 Å². The van der Waals surface area contributed by atoms with E-state index >= 15 is 0 Å². The lowest BCUT2D eigenvalue weighted by Crippen LogP contribution is -2.61. The fraction of sp³-hybridized carbons (Fsp3) is 0.889. The van der Waals surface area contributed by atoms with Crippen LogP contribution in [0, 0.1) is 0 Å². The smallest absolute Gasteiger partial charge is 0.306 e. The Labute approximate surface area is 511 Å². The summed E-state index contributed by atoms with van der Waals surface area (Å²) in [6.45, 7) is 5.81. The van der Waals surface area contributed by atoms with Crippen LogP contribution in [-0.2, 0) is 23.8 Å². The van der Waals surface area contributed by atoms with Gasteiger partial charge in [-0.3, -0.25) is 9.59 Å². The first-order valence-electron chi connectivity index (χ1n) is 35.8. The Balaban J connectivity index is 2.54. The summed E-state index contributed by atoms with van der Waals surface area (Å²) in [7, 11) is 0. The van der Waals surface area contributed by atoms with Crippen molar-refractivity contribution in [3.63, 3.8) is 0 Å². The SMILES string of the molecule is CCCCC/C=C\C/C=C\CCCCCCCCCCCCCCCC(=O)OC1C(OCC(NC(=O)C(O)CCCCCCCCCCCCCCCCCCCCCC)C(O)/C=C/CCCCCCCCCCC)OC(CO)C(O)C1O. The van der Waals surface area contributed by atoms with Crippen LogP contribution < -0.4 is 5.32 Å². The first kappa shape index (κ1) is 78.9. The number of hydrogen-bond acceptors (Lipinski definition) is 10. The molecule has 0 radical (unpaired) electrons. The highest BCUT2D eigenvalue weighted by molar-refractivity contribution is 5.80. The van der Waals surface area contributed by atoms with Crippen LogP contribution in [0.4, 0.5) is 0 Å². The number of carbonyl (C=O) groups excluding carboxylic acids is 2. The fourth-order valence-corrected chi connectivity index (χ4v) is 11.4. The predicted molar refractivity (Wildman–Crippen MR) is 347 cm³/mol. The molecule has 1 fully saturated rings. The van der Waals surface area contributed by atoms with Crippen LogP contribution in [-0.4, -0.2) is 99.6 Å². The van der Waals surface area contributed by atoms with Crippen molar-refractivity contribution in [2.24, 2.45) is 0 Å². The molecule has 0 spiro atoms. The zero-order chi connectivity index (χ0) is 60.3. The van der Waals surface area contributed by atoms with Gasteiger partial charge in [0.25, 0.3) is 0 Å². The normalized spacial score (nSPS) is 18.7. The molecule has 8 atom stereocenters. The van der Waals surface area contributed by atoms with Crippen molar-refractivity contribution >= 4 is 11.9 Å². The maximum absolute atomic E-state index is 13.5. The predicted octanol–water partition coefficient (Wildman–Crippen LogP) is 18.2. The highest BCUT2D eigenvalue weighted by atomic mass is 16.7. The zero-order valence-electron chi connectivity index (χ0n) is 54.3. The first-order valence-corrected chi connectivity index (χ1v) is 35.8. The summed E-state index contributed by atoms with van der Waals surface area (Å²) in [4.78, 5) is 26.7. The van der Waals surface area contributed by atoms with Crippen molar-refractivity contribution in [2.45, 2.75) is 397 Å². The van der Waals surface area contributed by atoms with Gasteiger partial charge in [-0.25, -0.2) is 0 Å². The molecule has 0 aromatic carbocycles. The maximum Gasteiger partial charge on any atom is 0.306 e. The molecular weight excluding hydrogens is 1040 g/mol. The van der Waals surface area contributed by atoms with Gasteiger partial charge in [-0.05, 0) is 57.8 Å². The van der Waals surface area contributed by atoms with E-state index in [0.29, 0.717) is 19.3 Å². The van der Waals surface area contributed by atoms with Crippen molar-refractivity contribution in [3.05, 3.63) is 36.5 Å². The summed E-state index contributed by atoms with van der Waals surface area (Å²) >= 11 is 0. The monoisotopic (exact) mass is 1170 g/mol. The van der Waals surface area contributed by atoms with E-state index in [-0.39, 0.29) is 13.0 Å². The summed E-state index contributed by atoms with van der Waals surface area (Å²) in [6, 6.07) is -1.02. The Bertz CT molecular complexity index is 1490. The van der Waals surface area contributed by atoms with Crippen molar-refractivity contribution in [1.29, 1.82) is 0 Å². The van der Waals surface area contributed by atoms with Gasteiger partial charge < -0.3 is 45.1 Å². The van der Waals surface area contributed by atoms with E-state index in [1.807, 2.05) is 6.08 Å². The van der Waals surface area contributed by atoms with E-state index in [1.54, 1.807) is 6.08 Å². The van der Waals surface area contributed by atoms with Crippen molar-refractivity contribution in [1.82, 2.24) is 5.32 Å². The number of unbranched alkanes of at least 4 members (excludes halogenated alkanes) is 44. The highest BCUT2D eigenvalue weighted by Gasteiger charge is 2.47. The molecule has 0 saturated carbocycles. The summed E-state index contributed by atoms with van der Waals surface area (Å²) in [6.07, 6.45) is 63.3. The fourth-order valence-electron chi connectivity index (χ4n) is 11.4. The Morgan fingerprint density at radius 1 is 0.470 bits per heavy atom. The van der Waals surface area contributed by atoms with Gasteiger partial charge in [0.05, 0.1) is 25.4 Å². The second-order valence-electron chi connectivity index (χ2n) is 25.0. The van der Waals surface area contributed by atoms with Crippen LogP contribution in [0.1, 0.15) is 348 Å². The molecule has 1 aliphatic heterocycles. The van der Waals surface area contributed by atoms with Gasteiger partial charge in [-0.2, -0.15) is 0 Å². The Kier molecular flexibility index (Phi) is 57.2. The first-order chi connectivity index (χ1) is 40.7. The molecule has 6 N–H and O–H groups in total. The average molecular weight is 1170 g/mol. The van der Waals surface area contributed by atoms with Gasteiger partial charge in [0.15, 0.2) is 12.4 Å². The number of nitrogens with one attached hydrogen (secondary N) is 1. The van der Waals surface area contributed by atoms with Gasteiger partial charge >= 0.3 is 5.97 Å². The van der Waals surface area contributed by atoms with Crippen LogP contribution in [0.3, 0.4) is 0 Å². The van der Waals surface area contributed by atoms with E-state index in [2.05, 4.69) is 50.4 Å². The largest absolute Gasteiger partial charge is 0.454 e. The quantitative estimate of drug-likeness (QED) is 0.0195. The third kappa shape index (κ3) is 47.6. The molecule has 0 aliphatic carbocycles. The lowest BCUT2D eigenvalue weighted by atomic mass is 9.99. The molecule has 488 valence electrons. The molecule has 0 aromatic rings. The average Bonchev–Trinajstić information content (AvgIpc) is 3.68. The summed E-state index contributed by atoms with van der Waals surface area (Å²) in [5, 5.41) is 57.2. The number of amides is 1. The lowest BCUT2D eigenvalue weighted by molar-refractivity contribution is -0.305. The molecule has 8 unspecified atom stereocenters. The molecule has 1 rings (SSSR count). The second kappa shape index (κ2) is 60.2. The van der Waals surface area contributed by atoms with Gasteiger partial charge in [0.2, 0.25) is 5.91 Å². The summed E-state index contributed by atoms with van der Waals surface area (Å²) in [5.74, 6) is -1.18. The van der Waals surface area contributed by atoms with E-state index in [1.165, 1.54) is 238 Å². The minimum Gasteiger partial charge on any atom is -0.454 e. The van der Waals surface area contributed by atoms with Gasteiger partial charge in [0.1, 0.15) is 24.4 Å². The Hall–Kier alpha value is -2.12. The number of aliphatic hydroxyl groups excluding tert-OH is 5. The standard InChI is InChI=1S/C72H135NO10/c1-4-7-10-13-16-19-22-24-26-28-30-32-33-34-36-38-40-42-45-48-51-54-57-60-67(77)83-70-69(79)68(78)66(61-74)82-72(70)81-62-63(64(75)58-55-52-49-46-43-21-18-15-12-9-6-3)73-71(80)65(76)59-56-53-50-47-44-41-39-37-35-31-29-27-25-23-20-17-14-11-8-5-2/h16,19,24,26,55,58,63-66,68-70,72,74-76,78-79H,4-15,17-18,20-23,25,27-54,56-57,59-62H2,1-3H3,(H,73,80)/b19-16-,26-24-,58-55+. The van der Waals surface area contributed by atoms with Crippen molar-refractivity contribution in [3.8, 4) is 0 Å². The van der Waals surface area contributed by atoms with Crippen LogP contribution in [0.15, 0.2) is 36.5 Å². The number of aliphatic hydroxyl groups is 5. The maximum atomic E-state index is 13.5. The number of carbonyl (C=O) groups is 2. The molecule has 11 nitrogen and oxygen atoms in total. The number of rotatable bonds is 62. The van der Waals surface area contributed by atoms with E-state index in [4.69, 9.17) is 14.2 Å². The Morgan fingerprint density at radius 2 is 0.831 bits per heavy atom. The van der Waals surface area contributed by atoms with Crippen LogP contribution >= 0.6 is 0 Å². The molecule has 1 heterocycles. The molecule has 0 aromatic heterocycles. The summed E-state index contributed by atoms with van der Waals surface area (Å²) in [5.41, 5.74) is 0. The third-order valence-electron chi connectivity index (χ3n) is 17.0. The molecule has 0 bridgehead atoms. The molecule has 11 heteroatoms. The second-order valence-corrected chi connectivity index (χ2v) is 25.0. The minimum absolute atomic E-state index is 0.126. The molecule has 83 heavy (non-hydrogen) atoms. The lowest BCUT2D eigenvalue weighted by Gasteiger charge is -2.41. The number of allylic oxidation sites excluding steroid dienone is 5. The summed E-state index contributed by atoms with van der Waals surface area (Å²) < 4.78 is 17.7. The molecule has 1 saturated heterocycles. The Morgan fingerprint density at radius 3 is 1.25 bits per heavy atom. The van der Waals surface area contributed by atoms with Crippen LogP contribution in [0.5, 0.6) is 0 Å². The van der Waals surface area contributed by atoms with E-state index in [9.17, 15) is 35.1 Å². The highest BCUT2D eigenvalue weighted by Crippen LogP contribution is 2.26. The van der Waals surface area contributed by atoms with Gasteiger partial charge in [0, 0.05) is 6.42 Å². The van der Waals surface area contributed by atoms with Crippen molar-refractivity contribution < 1.29 is 49.3 Å².